The van der Waals surface area contributed by atoms with Crippen LogP contribution in [-0.4, -0.2) is 64.9 Å². The third-order valence-electron chi connectivity index (χ3n) is 5.40. The maximum Gasteiger partial charge on any atom is 0.220 e. The number of azide groups is 1. The lowest BCUT2D eigenvalue weighted by molar-refractivity contribution is -0.121. The molecule has 1 aromatic heterocycles. The second-order valence-corrected chi connectivity index (χ2v) is 8.14. The van der Waals surface area contributed by atoms with Gasteiger partial charge in [0, 0.05) is 30.8 Å². The van der Waals surface area contributed by atoms with Gasteiger partial charge in [0.25, 0.3) is 0 Å². The monoisotopic (exact) mass is 524 g/mol. The lowest BCUT2D eigenvalue weighted by Gasteiger charge is -2.07. The molecule has 0 bridgehead atoms. The van der Waals surface area contributed by atoms with E-state index in [-0.39, 0.29) is 12.3 Å². The lowest BCUT2D eigenvalue weighted by atomic mass is 10.1. The number of benzene rings is 2. The van der Waals surface area contributed by atoms with Gasteiger partial charge in [-0.2, -0.15) is 0 Å². The van der Waals surface area contributed by atoms with Gasteiger partial charge in [0.15, 0.2) is 6.29 Å². The number of carbonyl (C=O) groups excluding carboxylic acids is 2. The van der Waals surface area contributed by atoms with Crippen LogP contribution in [0, 0.1) is 0 Å². The van der Waals surface area contributed by atoms with Crippen molar-refractivity contribution >= 4 is 23.2 Å². The van der Waals surface area contributed by atoms with Gasteiger partial charge < -0.3 is 28.7 Å². The molecule has 1 heterocycles. The SMILES string of the molecule is [N-]=[N+]=NCCOCCOCCOCCNC(=O)CCc1cc2c(OCc3ccccc3)ccc(C=O)c2o1. The number of nitrogens with one attached hydrogen (secondary N) is 1. The van der Waals surface area contributed by atoms with E-state index in [1.54, 1.807) is 12.1 Å². The molecule has 0 unspecified atom stereocenters. The van der Waals surface area contributed by atoms with Crippen LogP contribution in [0.3, 0.4) is 0 Å². The zero-order valence-electron chi connectivity index (χ0n) is 21.2. The molecule has 0 aliphatic heterocycles. The molecule has 0 aliphatic carbocycles. The second-order valence-electron chi connectivity index (χ2n) is 8.14. The molecule has 11 heteroatoms. The number of amides is 1. The van der Waals surface area contributed by atoms with Crippen LogP contribution in [0.25, 0.3) is 21.4 Å². The van der Waals surface area contributed by atoms with Gasteiger partial charge in [-0.15, -0.1) is 0 Å². The molecule has 0 saturated heterocycles. The smallest absolute Gasteiger partial charge is 0.220 e. The number of hydrogen-bond acceptors (Lipinski definition) is 8. The van der Waals surface area contributed by atoms with Gasteiger partial charge in [-0.3, -0.25) is 9.59 Å². The van der Waals surface area contributed by atoms with Gasteiger partial charge >= 0.3 is 0 Å². The van der Waals surface area contributed by atoms with E-state index in [0.717, 1.165) is 11.8 Å². The largest absolute Gasteiger partial charge is 0.488 e. The molecule has 1 amide bonds. The van der Waals surface area contributed by atoms with E-state index in [9.17, 15) is 9.59 Å². The van der Waals surface area contributed by atoms with Crippen LogP contribution >= 0.6 is 0 Å². The summed E-state index contributed by atoms with van der Waals surface area (Å²) in [6.45, 7) is 3.47. The van der Waals surface area contributed by atoms with E-state index in [1.165, 1.54) is 0 Å². The van der Waals surface area contributed by atoms with Crippen LogP contribution in [-0.2, 0) is 32.0 Å². The van der Waals surface area contributed by atoms with Crippen LogP contribution in [0.2, 0.25) is 0 Å². The summed E-state index contributed by atoms with van der Waals surface area (Å²) in [6, 6.07) is 15.0. The Bertz CT molecular complexity index is 1190. The van der Waals surface area contributed by atoms with E-state index >= 15 is 0 Å². The molecule has 0 spiro atoms. The van der Waals surface area contributed by atoms with Crippen molar-refractivity contribution in [2.24, 2.45) is 5.11 Å². The number of rotatable bonds is 19. The summed E-state index contributed by atoms with van der Waals surface area (Å²) in [5, 5.41) is 6.88. The van der Waals surface area contributed by atoms with Crippen molar-refractivity contribution in [2.75, 3.05) is 52.7 Å². The summed E-state index contributed by atoms with van der Waals surface area (Å²) in [4.78, 5) is 26.4. The molecule has 38 heavy (non-hydrogen) atoms. The van der Waals surface area contributed by atoms with Crippen molar-refractivity contribution in [3.63, 3.8) is 0 Å². The summed E-state index contributed by atoms with van der Waals surface area (Å²) in [7, 11) is 0. The minimum absolute atomic E-state index is 0.126. The van der Waals surface area contributed by atoms with Crippen molar-refractivity contribution in [3.05, 3.63) is 75.9 Å². The minimum atomic E-state index is -0.126. The standard InChI is InChI=1S/C27H32N4O7/c28-31-30-11-13-35-15-17-36-16-14-34-12-10-29-26(33)9-7-23-18-24-25(8-6-22(19-32)27(24)38-23)37-20-21-4-2-1-3-5-21/h1-6,8,18-19H,7,9-17,20H2,(H,29,33). The lowest BCUT2D eigenvalue weighted by Crippen LogP contribution is -2.27. The first-order valence-electron chi connectivity index (χ1n) is 12.4. The van der Waals surface area contributed by atoms with E-state index in [2.05, 4.69) is 15.3 Å². The van der Waals surface area contributed by atoms with Gasteiger partial charge in [-0.25, -0.2) is 0 Å². The average Bonchev–Trinajstić information content (AvgIpc) is 3.38. The fraction of sp³-hybridized carbons (Fsp3) is 0.407. The van der Waals surface area contributed by atoms with Crippen LogP contribution in [0.5, 0.6) is 5.75 Å². The van der Waals surface area contributed by atoms with Crippen LogP contribution in [0.4, 0.5) is 0 Å². The van der Waals surface area contributed by atoms with Crippen molar-refractivity contribution < 1.29 is 33.0 Å². The highest BCUT2D eigenvalue weighted by Crippen LogP contribution is 2.32. The highest BCUT2D eigenvalue weighted by atomic mass is 16.5. The molecule has 0 saturated carbocycles. The molecule has 3 rings (SSSR count). The predicted octanol–water partition coefficient (Wildman–Crippen LogP) is 4.23. The molecule has 0 atom stereocenters. The molecule has 11 nitrogen and oxygen atoms in total. The Kier molecular flexibility index (Phi) is 12.7. The van der Waals surface area contributed by atoms with Crippen molar-refractivity contribution in [1.29, 1.82) is 0 Å². The summed E-state index contributed by atoms with van der Waals surface area (Å²) >= 11 is 0. The Hall–Kier alpha value is -3.89. The number of aldehydes is 1. The van der Waals surface area contributed by atoms with Crippen LogP contribution < -0.4 is 10.1 Å². The molecule has 202 valence electrons. The number of fused-ring (bicyclic) bond motifs is 1. The number of aryl methyl sites for hydroxylation is 1. The highest BCUT2D eigenvalue weighted by Gasteiger charge is 2.14. The van der Waals surface area contributed by atoms with Crippen LogP contribution in [0.1, 0.15) is 28.1 Å². The second kappa shape index (κ2) is 16.8. The zero-order chi connectivity index (χ0) is 26.8. The number of ether oxygens (including phenoxy) is 4. The third-order valence-corrected chi connectivity index (χ3v) is 5.40. The van der Waals surface area contributed by atoms with E-state index < -0.39 is 0 Å². The van der Waals surface area contributed by atoms with E-state index in [1.807, 2.05) is 36.4 Å². The van der Waals surface area contributed by atoms with Gasteiger partial charge in [-0.05, 0) is 29.3 Å². The van der Waals surface area contributed by atoms with Crippen molar-refractivity contribution in [3.8, 4) is 5.75 Å². The molecule has 0 fully saturated rings. The average molecular weight is 525 g/mol. The molecular formula is C27H32N4O7. The molecule has 0 aliphatic rings. The topological polar surface area (TPSA) is 145 Å². The number of hydrogen-bond donors (Lipinski definition) is 1. The van der Waals surface area contributed by atoms with Crippen molar-refractivity contribution in [2.45, 2.75) is 19.4 Å². The molecular weight excluding hydrogens is 492 g/mol. The zero-order valence-corrected chi connectivity index (χ0v) is 21.2. The quantitative estimate of drug-likeness (QED) is 0.0812. The molecule has 0 radical (unpaired) electrons. The van der Waals surface area contributed by atoms with Crippen molar-refractivity contribution in [1.82, 2.24) is 5.32 Å². The molecule has 1 N–H and O–H groups in total. The van der Waals surface area contributed by atoms with Gasteiger partial charge in [0.05, 0.1) is 50.6 Å². The summed E-state index contributed by atoms with van der Waals surface area (Å²) in [5.74, 6) is 1.09. The normalized spacial score (nSPS) is 10.7. The molecule has 3 aromatic rings. The molecule has 2 aromatic carbocycles. The highest BCUT2D eigenvalue weighted by molar-refractivity contribution is 5.98. The Labute approximate surface area is 220 Å². The Morgan fingerprint density at radius 3 is 2.47 bits per heavy atom. The van der Waals surface area contributed by atoms with E-state index in [4.69, 9.17) is 28.9 Å². The summed E-state index contributed by atoms with van der Waals surface area (Å²) in [6.07, 6.45) is 1.37. The Morgan fingerprint density at radius 1 is 1.00 bits per heavy atom. The van der Waals surface area contributed by atoms with Gasteiger partial charge in [0.2, 0.25) is 5.91 Å². The predicted molar refractivity (Wildman–Crippen MR) is 140 cm³/mol. The first-order valence-corrected chi connectivity index (χ1v) is 12.4. The first kappa shape index (κ1) is 28.7. The number of furan rings is 1. The third kappa shape index (κ3) is 9.87. The number of nitrogens with zero attached hydrogens (tertiary/aromatic N) is 3. The van der Waals surface area contributed by atoms with Gasteiger partial charge in [0.1, 0.15) is 23.7 Å². The summed E-state index contributed by atoms with van der Waals surface area (Å²) < 4.78 is 27.9. The Balaban J connectivity index is 1.33. The maximum atomic E-state index is 12.2. The van der Waals surface area contributed by atoms with E-state index in [0.29, 0.717) is 93.8 Å². The fourth-order valence-electron chi connectivity index (χ4n) is 3.53. The van der Waals surface area contributed by atoms with Crippen LogP contribution in [0.15, 0.2) is 58.1 Å². The Morgan fingerprint density at radius 2 is 1.74 bits per heavy atom. The number of carbonyl (C=O) groups is 2. The first-order chi connectivity index (χ1) is 18.7. The minimum Gasteiger partial charge on any atom is -0.488 e. The fourth-order valence-corrected chi connectivity index (χ4v) is 3.53. The summed E-state index contributed by atoms with van der Waals surface area (Å²) in [5.41, 5.74) is 10.1. The van der Waals surface area contributed by atoms with Gasteiger partial charge in [-0.1, -0.05) is 35.4 Å². The maximum absolute atomic E-state index is 12.2.